The fourth-order valence-electron chi connectivity index (χ4n) is 2.35. The maximum Gasteiger partial charge on any atom is 0.126 e. The highest BCUT2D eigenvalue weighted by Crippen LogP contribution is 2.44. The molecule has 2 rings (SSSR count). The average molecular weight is 223 g/mol. The van der Waals surface area contributed by atoms with E-state index in [2.05, 4.69) is 6.92 Å². The van der Waals surface area contributed by atoms with E-state index < -0.39 is 6.10 Å². The van der Waals surface area contributed by atoms with Gasteiger partial charge in [0.1, 0.15) is 5.82 Å². The molecule has 1 aromatic rings. The number of aliphatic hydroxyl groups excluding tert-OH is 1. The zero-order valence-corrected chi connectivity index (χ0v) is 9.44. The Labute approximate surface area is 95.3 Å². The Morgan fingerprint density at radius 3 is 2.62 bits per heavy atom. The summed E-state index contributed by atoms with van der Waals surface area (Å²) in [6, 6.07) is 6.56. The second kappa shape index (κ2) is 4.52. The summed E-state index contributed by atoms with van der Waals surface area (Å²) in [5.41, 5.74) is 6.20. The molecular formula is C13H18FNO. The van der Waals surface area contributed by atoms with E-state index in [0.717, 1.165) is 6.42 Å². The number of aliphatic hydroxyl groups is 1. The first-order chi connectivity index (χ1) is 7.65. The first-order valence-corrected chi connectivity index (χ1v) is 5.77. The van der Waals surface area contributed by atoms with E-state index in [9.17, 15) is 9.50 Å². The molecular weight excluding hydrogens is 205 g/mol. The Morgan fingerprint density at radius 2 is 2.12 bits per heavy atom. The van der Waals surface area contributed by atoms with E-state index in [1.807, 2.05) is 0 Å². The molecule has 0 radical (unpaired) electrons. The van der Waals surface area contributed by atoms with Gasteiger partial charge in [-0.25, -0.2) is 4.39 Å². The standard InChI is InChI=1S/C13H18FNO/c1-8-6-10(8)13(16)11(7-15)9-4-2-3-5-12(9)14/h2-5,8,10-11,13,16H,6-7,15H2,1H3. The largest absolute Gasteiger partial charge is 0.392 e. The van der Waals surface area contributed by atoms with Crippen LogP contribution in [-0.2, 0) is 0 Å². The fourth-order valence-corrected chi connectivity index (χ4v) is 2.35. The third kappa shape index (κ3) is 2.11. The molecule has 1 aliphatic carbocycles. The van der Waals surface area contributed by atoms with Gasteiger partial charge in [0.05, 0.1) is 6.10 Å². The molecule has 0 saturated heterocycles. The van der Waals surface area contributed by atoms with Gasteiger partial charge in [0.2, 0.25) is 0 Å². The van der Waals surface area contributed by atoms with Gasteiger partial charge in [-0.1, -0.05) is 25.1 Å². The molecule has 0 spiro atoms. The molecule has 1 aliphatic rings. The summed E-state index contributed by atoms with van der Waals surface area (Å²) < 4.78 is 13.6. The van der Waals surface area contributed by atoms with Gasteiger partial charge in [-0.2, -0.15) is 0 Å². The second-order valence-electron chi connectivity index (χ2n) is 4.73. The maximum absolute atomic E-state index is 13.6. The van der Waals surface area contributed by atoms with E-state index in [4.69, 9.17) is 5.73 Å². The molecule has 1 fully saturated rings. The topological polar surface area (TPSA) is 46.2 Å². The van der Waals surface area contributed by atoms with Crippen LogP contribution in [0.3, 0.4) is 0 Å². The number of benzene rings is 1. The third-order valence-electron chi connectivity index (χ3n) is 3.58. The van der Waals surface area contributed by atoms with Crippen LogP contribution in [0.5, 0.6) is 0 Å². The second-order valence-corrected chi connectivity index (χ2v) is 4.73. The van der Waals surface area contributed by atoms with Crippen molar-refractivity contribution in [1.29, 1.82) is 0 Å². The van der Waals surface area contributed by atoms with Crippen LogP contribution in [0.4, 0.5) is 4.39 Å². The van der Waals surface area contributed by atoms with Crippen molar-refractivity contribution in [2.45, 2.75) is 25.4 Å². The van der Waals surface area contributed by atoms with Crippen molar-refractivity contribution in [3.05, 3.63) is 35.6 Å². The predicted molar refractivity (Wildman–Crippen MR) is 61.5 cm³/mol. The van der Waals surface area contributed by atoms with Crippen molar-refractivity contribution < 1.29 is 9.50 Å². The molecule has 16 heavy (non-hydrogen) atoms. The molecule has 88 valence electrons. The Hall–Kier alpha value is -0.930. The van der Waals surface area contributed by atoms with Crippen molar-refractivity contribution in [3.8, 4) is 0 Å². The van der Waals surface area contributed by atoms with E-state index >= 15 is 0 Å². The summed E-state index contributed by atoms with van der Waals surface area (Å²) in [4.78, 5) is 0. The monoisotopic (exact) mass is 223 g/mol. The van der Waals surface area contributed by atoms with Crippen LogP contribution < -0.4 is 5.73 Å². The molecule has 0 heterocycles. The van der Waals surface area contributed by atoms with Gasteiger partial charge >= 0.3 is 0 Å². The van der Waals surface area contributed by atoms with Crippen LogP contribution in [0.2, 0.25) is 0 Å². The predicted octanol–water partition coefficient (Wildman–Crippen LogP) is 1.88. The van der Waals surface area contributed by atoms with E-state index in [0.29, 0.717) is 11.5 Å². The van der Waals surface area contributed by atoms with Gasteiger partial charge < -0.3 is 10.8 Å². The highest BCUT2D eigenvalue weighted by atomic mass is 19.1. The lowest BCUT2D eigenvalue weighted by Gasteiger charge is -2.22. The Bertz CT molecular complexity index is 369. The zero-order valence-electron chi connectivity index (χ0n) is 9.44. The lowest BCUT2D eigenvalue weighted by Crippen LogP contribution is -2.28. The molecule has 0 bridgehead atoms. The van der Waals surface area contributed by atoms with Gasteiger partial charge in [-0.3, -0.25) is 0 Å². The maximum atomic E-state index is 13.6. The molecule has 0 aliphatic heterocycles. The number of hydrogen-bond acceptors (Lipinski definition) is 2. The average Bonchev–Trinajstić information content (AvgIpc) is 2.99. The number of hydrogen-bond donors (Lipinski definition) is 2. The highest BCUT2D eigenvalue weighted by molar-refractivity contribution is 5.24. The zero-order chi connectivity index (χ0) is 11.7. The lowest BCUT2D eigenvalue weighted by atomic mass is 9.90. The van der Waals surface area contributed by atoms with Crippen LogP contribution >= 0.6 is 0 Å². The molecule has 4 atom stereocenters. The summed E-state index contributed by atoms with van der Waals surface area (Å²) >= 11 is 0. The first-order valence-electron chi connectivity index (χ1n) is 5.77. The fraction of sp³-hybridized carbons (Fsp3) is 0.538. The SMILES string of the molecule is CC1CC1C(O)C(CN)c1ccccc1F. The van der Waals surface area contributed by atoms with Crippen LogP contribution in [-0.4, -0.2) is 17.8 Å². The normalized spacial score (nSPS) is 27.5. The summed E-state index contributed by atoms with van der Waals surface area (Å²) in [6.45, 7) is 2.38. The molecule has 2 nitrogen and oxygen atoms in total. The van der Waals surface area contributed by atoms with Gasteiger partial charge in [-0.05, 0) is 29.9 Å². The lowest BCUT2D eigenvalue weighted by molar-refractivity contribution is 0.116. The van der Waals surface area contributed by atoms with Gasteiger partial charge in [0.25, 0.3) is 0 Å². The number of nitrogens with two attached hydrogens (primary N) is 1. The quantitative estimate of drug-likeness (QED) is 0.818. The summed E-state index contributed by atoms with van der Waals surface area (Å²) in [5, 5.41) is 10.2. The van der Waals surface area contributed by atoms with Gasteiger partial charge in [-0.15, -0.1) is 0 Å². The molecule has 4 unspecified atom stereocenters. The summed E-state index contributed by atoms with van der Waals surface area (Å²) in [5.74, 6) is 0.269. The van der Waals surface area contributed by atoms with Crippen LogP contribution in [0.15, 0.2) is 24.3 Å². The Morgan fingerprint density at radius 1 is 1.50 bits per heavy atom. The van der Waals surface area contributed by atoms with Crippen molar-refractivity contribution in [1.82, 2.24) is 0 Å². The van der Waals surface area contributed by atoms with Gasteiger partial charge in [0, 0.05) is 12.5 Å². The van der Waals surface area contributed by atoms with E-state index in [1.165, 1.54) is 6.07 Å². The minimum absolute atomic E-state index is 0.273. The highest BCUT2D eigenvalue weighted by Gasteiger charge is 2.42. The molecule has 0 aromatic heterocycles. The van der Waals surface area contributed by atoms with Crippen LogP contribution in [0.1, 0.15) is 24.8 Å². The Kier molecular flexibility index (Phi) is 3.26. The van der Waals surface area contributed by atoms with E-state index in [-0.39, 0.29) is 24.2 Å². The van der Waals surface area contributed by atoms with Gasteiger partial charge in [0.15, 0.2) is 0 Å². The van der Waals surface area contributed by atoms with Crippen LogP contribution in [0.25, 0.3) is 0 Å². The van der Waals surface area contributed by atoms with Crippen molar-refractivity contribution in [2.24, 2.45) is 17.6 Å². The third-order valence-corrected chi connectivity index (χ3v) is 3.58. The van der Waals surface area contributed by atoms with Crippen molar-refractivity contribution >= 4 is 0 Å². The smallest absolute Gasteiger partial charge is 0.126 e. The molecule has 1 aromatic carbocycles. The number of halogens is 1. The minimum atomic E-state index is -0.517. The number of rotatable bonds is 4. The molecule has 1 saturated carbocycles. The Balaban J connectivity index is 2.19. The van der Waals surface area contributed by atoms with Crippen molar-refractivity contribution in [3.63, 3.8) is 0 Å². The molecule has 3 heteroatoms. The summed E-state index contributed by atoms with van der Waals surface area (Å²) in [6.07, 6.45) is 0.503. The minimum Gasteiger partial charge on any atom is -0.392 e. The van der Waals surface area contributed by atoms with Crippen LogP contribution in [0, 0.1) is 17.7 Å². The molecule has 0 amide bonds. The summed E-state index contributed by atoms with van der Waals surface area (Å²) in [7, 11) is 0. The first kappa shape index (κ1) is 11.6. The van der Waals surface area contributed by atoms with Crippen molar-refractivity contribution in [2.75, 3.05) is 6.54 Å². The van der Waals surface area contributed by atoms with E-state index in [1.54, 1.807) is 18.2 Å². The molecule has 3 N–H and O–H groups in total.